The third kappa shape index (κ3) is 11.5. The summed E-state index contributed by atoms with van der Waals surface area (Å²) in [4.78, 5) is 11.8. The Hall–Kier alpha value is 0.460. The van der Waals surface area contributed by atoms with Crippen LogP contribution in [0.15, 0.2) is 0 Å². The Morgan fingerprint density at radius 1 is 0.729 bits per heavy atom. The zero-order chi connectivity index (χ0) is 36.2. The Kier molecular flexibility index (Phi) is 15.2. The van der Waals surface area contributed by atoms with Crippen molar-refractivity contribution in [2.75, 3.05) is 53.7 Å². The Bertz CT molecular complexity index is 952. The molecule has 1 N–H and O–H groups in total. The molecule has 0 aromatic carbocycles. The largest absolute Gasteiger partial charge is 0.396 e. The molecule has 3 rings (SSSR count). The molecule has 0 saturated carbocycles. The fraction of sp³-hybridized carbons (Fsp3) is 1.00. The molecule has 3 aliphatic rings. The van der Waals surface area contributed by atoms with Crippen molar-refractivity contribution in [1.82, 2.24) is 19.5 Å². The monoisotopic (exact) mass is 721 g/mol. The van der Waals surface area contributed by atoms with E-state index in [2.05, 4.69) is 103 Å². The lowest BCUT2D eigenvalue weighted by Crippen LogP contribution is -2.63. The third-order valence-corrected chi connectivity index (χ3v) is 13.1. The van der Waals surface area contributed by atoms with Crippen molar-refractivity contribution in [2.24, 2.45) is 10.8 Å². The summed E-state index contributed by atoms with van der Waals surface area (Å²) in [5.41, 5.74) is -0.537. The summed E-state index contributed by atoms with van der Waals surface area (Å²) in [6, 6.07) is 0.778. The molecule has 1 atom stereocenters. The van der Waals surface area contributed by atoms with Gasteiger partial charge >= 0.3 is 0 Å². The van der Waals surface area contributed by atoms with Crippen molar-refractivity contribution in [3.05, 3.63) is 0 Å². The van der Waals surface area contributed by atoms with Gasteiger partial charge in [-0.15, -0.1) is 0 Å². The van der Waals surface area contributed by atoms with Gasteiger partial charge in [-0.3, -0.25) is 4.67 Å². The summed E-state index contributed by atoms with van der Waals surface area (Å²) in [6.07, 6.45) is 8.66. The smallest absolute Gasteiger partial charge is 0.259 e. The van der Waals surface area contributed by atoms with Crippen LogP contribution in [-0.2, 0) is 23.2 Å². The highest BCUT2D eigenvalue weighted by Crippen LogP contribution is 2.53. The highest BCUT2D eigenvalue weighted by molar-refractivity contribution is 7.44. The average molecular weight is 721 g/mol. The predicted octanol–water partition coefficient (Wildman–Crippen LogP) is 8.16. The molecule has 0 amide bonds. The van der Waals surface area contributed by atoms with Gasteiger partial charge in [-0.2, -0.15) is 10.1 Å². The predicted molar refractivity (Wildman–Crippen MR) is 200 cm³/mol. The fourth-order valence-electron chi connectivity index (χ4n) is 8.49. The lowest BCUT2D eigenvalue weighted by Gasteiger charge is -2.56. The normalized spacial score (nSPS) is 25.9. The van der Waals surface area contributed by atoms with E-state index in [1.54, 1.807) is 14.2 Å². The van der Waals surface area contributed by atoms with Crippen molar-refractivity contribution < 1.29 is 28.4 Å². The van der Waals surface area contributed by atoms with Crippen LogP contribution in [0.1, 0.15) is 134 Å². The second-order valence-corrected chi connectivity index (χ2v) is 21.3. The minimum absolute atomic E-state index is 0.0527. The Morgan fingerprint density at radius 3 is 1.60 bits per heavy atom. The number of hydrogen-bond acceptors (Lipinski definition) is 10. The SMILES string of the molecule is CON1C(C)(C)CC(N(CCCCCCN(C2CC(C)(C)N(OC)C(C)(C)C2)P2OCC(C)(C)CO2)POCC(C)(C)CO)CC1(C)C. The first kappa shape index (κ1) is 42.9. The van der Waals surface area contributed by atoms with Crippen molar-refractivity contribution in [2.45, 2.75) is 169 Å². The number of nitrogens with zero attached hydrogens (tertiary/aromatic N) is 4. The van der Waals surface area contributed by atoms with E-state index in [0.29, 0.717) is 18.7 Å². The van der Waals surface area contributed by atoms with Crippen LogP contribution < -0.4 is 0 Å². The van der Waals surface area contributed by atoms with E-state index < -0.39 is 8.53 Å². The number of hydroxylamine groups is 4. The van der Waals surface area contributed by atoms with E-state index in [-0.39, 0.29) is 48.6 Å². The summed E-state index contributed by atoms with van der Waals surface area (Å²) >= 11 is 0. The van der Waals surface area contributed by atoms with Crippen molar-refractivity contribution in [3.8, 4) is 0 Å². The van der Waals surface area contributed by atoms with Crippen LogP contribution in [0.25, 0.3) is 0 Å². The fourth-order valence-corrected chi connectivity index (χ4v) is 11.7. The van der Waals surface area contributed by atoms with E-state index >= 15 is 0 Å². The zero-order valence-corrected chi connectivity index (χ0v) is 35.2. The van der Waals surface area contributed by atoms with E-state index in [9.17, 15) is 5.11 Å². The lowest BCUT2D eigenvalue weighted by atomic mass is 9.79. The maximum atomic E-state index is 9.79. The minimum atomic E-state index is -1.09. The summed E-state index contributed by atoms with van der Waals surface area (Å²) in [7, 11) is 2.79. The second kappa shape index (κ2) is 17.1. The number of aliphatic hydroxyl groups is 1. The van der Waals surface area contributed by atoms with Crippen molar-refractivity contribution >= 4 is 17.5 Å². The maximum absolute atomic E-state index is 9.79. The van der Waals surface area contributed by atoms with Gasteiger partial charge in [0.25, 0.3) is 8.53 Å². The number of rotatable bonds is 17. The molecule has 12 heteroatoms. The van der Waals surface area contributed by atoms with Crippen LogP contribution in [0, 0.1) is 10.8 Å². The van der Waals surface area contributed by atoms with Gasteiger partial charge in [0.05, 0.1) is 49.6 Å². The molecule has 10 nitrogen and oxygen atoms in total. The third-order valence-electron chi connectivity index (χ3n) is 10.3. The maximum Gasteiger partial charge on any atom is 0.259 e. The van der Waals surface area contributed by atoms with Gasteiger partial charge in [0.2, 0.25) is 0 Å². The van der Waals surface area contributed by atoms with Crippen LogP contribution in [-0.4, -0.2) is 113 Å². The molecule has 0 bridgehead atoms. The number of piperidine rings is 2. The molecular weight excluding hydrogens is 646 g/mol. The highest BCUT2D eigenvalue weighted by Gasteiger charge is 2.50. The second-order valence-electron chi connectivity index (χ2n) is 18.7. The Balaban J connectivity index is 1.63. The number of hydrogen-bond donors (Lipinski definition) is 1. The summed E-state index contributed by atoms with van der Waals surface area (Å²) < 4.78 is 24.4. The van der Waals surface area contributed by atoms with E-state index in [1.165, 1.54) is 12.8 Å². The van der Waals surface area contributed by atoms with E-state index in [0.717, 1.165) is 64.8 Å². The van der Waals surface area contributed by atoms with Crippen molar-refractivity contribution in [3.63, 3.8) is 0 Å². The molecule has 48 heavy (non-hydrogen) atoms. The van der Waals surface area contributed by atoms with Gasteiger partial charge in [-0.1, -0.05) is 40.5 Å². The summed E-state index contributed by atoms with van der Waals surface area (Å²) in [6.45, 7) is 31.0. The molecule has 0 radical (unpaired) electrons. The van der Waals surface area contributed by atoms with Crippen LogP contribution in [0.5, 0.6) is 0 Å². The molecule has 0 aliphatic carbocycles. The first-order chi connectivity index (χ1) is 22.1. The topological polar surface area (TPSA) is 79.3 Å². The molecule has 0 spiro atoms. The first-order valence-corrected chi connectivity index (χ1v) is 20.3. The number of aliphatic hydroxyl groups excluding tert-OH is 1. The van der Waals surface area contributed by atoms with Crippen molar-refractivity contribution in [1.29, 1.82) is 0 Å². The standard InChI is InChI=1S/C36H74N4O6P2/c1-31(2,25-41)26-44-47-37(29-21-33(5,6)39(42-13)34(7,8)22-29)19-17-15-16-18-20-38(48-45-27-32(3,4)28-46-48)30-23-35(9,10)40(43-14)36(11,12)24-30/h29-30,41,47H,15-28H2,1-14H3. The molecule has 0 aromatic heterocycles. The summed E-state index contributed by atoms with van der Waals surface area (Å²) in [5, 5.41) is 14.2. The molecular formula is C36H74N4O6P2. The molecule has 3 heterocycles. The number of unbranched alkanes of at least 4 members (excludes halogenated alkanes) is 3. The van der Waals surface area contributed by atoms with Gasteiger partial charge in [0.15, 0.2) is 0 Å². The minimum Gasteiger partial charge on any atom is -0.396 e. The zero-order valence-electron chi connectivity index (χ0n) is 33.3. The van der Waals surface area contributed by atoms with E-state index in [4.69, 9.17) is 23.2 Å². The molecule has 0 aromatic rings. The van der Waals surface area contributed by atoms with Crippen LogP contribution in [0.3, 0.4) is 0 Å². The Labute approximate surface area is 298 Å². The quantitative estimate of drug-likeness (QED) is 0.118. The molecule has 284 valence electrons. The molecule has 1 unspecified atom stereocenters. The van der Waals surface area contributed by atoms with Crippen LogP contribution in [0.2, 0.25) is 0 Å². The van der Waals surface area contributed by atoms with Crippen LogP contribution in [0.4, 0.5) is 0 Å². The van der Waals surface area contributed by atoms with Gasteiger partial charge in [0, 0.05) is 58.2 Å². The van der Waals surface area contributed by atoms with E-state index in [1.807, 2.05) is 0 Å². The molecule has 3 saturated heterocycles. The highest BCUT2D eigenvalue weighted by atomic mass is 31.2. The lowest BCUT2D eigenvalue weighted by molar-refractivity contribution is -0.270. The van der Waals surface area contributed by atoms with Crippen LogP contribution >= 0.6 is 17.5 Å². The van der Waals surface area contributed by atoms with Gasteiger partial charge in [0.1, 0.15) is 0 Å². The van der Waals surface area contributed by atoms with Gasteiger partial charge < -0.3 is 28.4 Å². The summed E-state index contributed by atoms with van der Waals surface area (Å²) in [5.74, 6) is 0. The Morgan fingerprint density at radius 2 is 1.17 bits per heavy atom. The van der Waals surface area contributed by atoms with Gasteiger partial charge in [-0.05, 0) is 93.9 Å². The molecule has 3 fully saturated rings. The van der Waals surface area contributed by atoms with Gasteiger partial charge in [-0.25, -0.2) is 4.67 Å². The first-order valence-electron chi connectivity index (χ1n) is 18.4. The molecule has 3 aliphatic heterocycles. The average Bonchev–Trinajstić information content (AvgIpc) is 2.94.